The molecule has 0 unspecified atom stereocenters. The largest absolute Gasteiger partial charge is 0.253 e. The van der Waals surface area contributed by atoms with Gasteiger partial charge in [0.1, 0.15) is 0 Å². The summed E-state index contributed by atoms with van der Waals surface area (Å²) in [7, 11) is 0. The van der Waals surface area contributed by atoms with Crippen LogP contribution in [0.15, 0.2) is 19.4 Å². The highest BCUT2D eigenvalue weighted by Gasteiger charge is 2.05. The molecule has 0 aromatic carbocycles. The molecule has 0 fully saturated rings. The normalized spacial score (nSPS) is 9.69. The molecule has 0 atom stereocenters. The molecular weight excluding hydrogens is 160 g/mol. The molecule has 0 spiro atoms. The Labute approximate surface area is 79.0 Å². The maximum atomic E-state index is 4.38. The Morgan fingerprint density at radius 1 is 1.62 bits per heavy atom. The molecule has 0 aliphatic carbocycles. The molecule has 1 aromatic rings. The van der Waals surface area contributed by atoms with Crippen molar-refractivity contribution in [3.63, 3.8) is 0 Å². The van der Waals surface area contributed by atoms with Crippen molar-refractivity contribution >= 4 is 11.6 Å². The van der Waals surface area contributed by atoms with Gasteiger partial charge in [-0.3, -0.25) is 4.98 Å². The van der Waals surface area contributed by atoms with E-state index in [4.69, 9.17) is 0 Å². The van der Waals surface area contributed by atoms with E-state index >= 15 is 0 Å². The lowest BCUT2D eigenvalue weighted by molar-refractivity contribution is 1.06. The van der Waals surface area contributed by atoms with Gasteiger partial charge in [-0.25, -0.2) is 4.98 Å². The number of nitrogens with zero attached hydrogens (tertiary/aromatic N) is 2. The monoisotopic (exact) mass is 174 g/mol. The lowest BCUT2D eigenvalue weighted by Gasteiger charge is -2.05. The number of aryl methyl sites for hydroxylation is 1. The Kier molecular flexibility index (Phi) is 2.96. The van der Waals surface area contributed by atoms with Crippen LogP contribution in [0.1, 0.15) is 30.4 Å². The quantitative estimate of drug-likeness (QED) is 0.704. The first-order valence-corrected chi connectivity index (χ1v) is 4.33. The van der Waals surface area contributed by atoms with E-state index < -0.39 is 0 Å². The maximum absolute atomic E-state index is 4.38. The number of aromatic nitrogens is 2. The molecule has 0 saturated carbocycles. The maximum Gasteiger partial charge on any atom is 0.0915 e. The van der Waals surface area contributed by atoms with Gasteiger partial charge in [0.15, 0.2) is 0 Å². The first-order chi connectivity index (χ1) is 6.19. The molecule has 13 heavy (non-hydrogen) atoms. The van der Waals surface area contributed by atoms with Gasteiger partial charge in [0.25, 0.3) is 0 Å². The minimum atomic E-state index is 0.817. The highest BCUT2D eigenvalue weighted by Crippen LogP contribution is 2.17. The fraction of sp³-hybridized carbons (Fsp3) is 0.273. The zero-order valence-corrected chi connectivity index (χ0v) is 8.17. The fourth-order valence-corrected chi connectivity index (χ4v) is 1.06. The fourth-order valence-electron chi connectivity index (χ4n) is 1.06. The lowest BCUT2D eigenvalue weighted by Crippen LogP contribution is -1.97. The van der Waals surface area contributed by atoms with Crippen molar-refractivity contribution in [1.82, 2.24) is 9.97 Å². The van der Waals surface area contributed by atoms with Gasteiger partial charge in [-0.1, -0.05) is 20.1 Å². The third kappa shape index (κ3) is 2.02. The summed E-state index contributed by atoms with van der Waals surface area (Å²) in [6.45, 7) is 11.6. The summed E-state index contributed by atoms with van der Waals surface area (Å²) in [4.78, 5) is 8.61. The minimum absolute atomic E-state index is 0.817. The molecule has 0 aliphatic rings. The van der Waals surface area contributed by atoms with Crippen LogP contribution in [0.25, 0.3) is 11.6 Å². The van der Waals surface area contributed by atoms with E-state index in [2.05, 4.69) is 30.0 Å². The van der Waals surface area contributed by atoms with E-state index in [-0.39, 0.29) is 0 Å². The van der Waals surface area contributed by atoms with Crippen molar-refractivity contribution in [1.29, 1.82) is 0 Å². The molecule has 2 nitrogen and oxygen atoms in total. The Hall–Kier alpha value is -1.44. The van der Waals surface area contributed by atoms with Gasteiger partial charge in [0.05, 0.1) is 17.1 Å². The molecule has 1 heterocycles. The Bertz CT molecular complexity index is 340. The van der Waals surface area contributed by atoms with Crippen LogP contribution >= 0.6 is 0 Å². The molecular formula is C11H14N2. The van der Waals surface area contributed by atoms with Crippen molar-refractivity contribution in [3.05, 3.63) is 36.4 Å². The van der Waals surface area contributed by atoms with E-state index in [1.54, 1.807) is 12.3 Å². The molecule has 1 rings (SSSR count). The average molecular weight is 174 g/mol. The second-order valence-electron chi connectivity index (χ2n) is 2.91. The highest BCUT2D eigenvalue weighted by molar-refractivity contribution is 5.67. The van der Waals surface area contributed by atoms with Gasteiger partial charge in [0.2, 0.25) is 0 Å². The van der Waals surface area contributed by atoms with Crippen LogP contribution in [0.2, 0.25) is 0 Å². The predicted molar refractivity (Wildman–Crippen MR) is 56.2 cm³/mol. The van der Waals surface area contributed by atoms with E-state index in [0.717, 1.165) is 29.1 Å². The second-order valence-corrected chi connectivity index (χ2v) is 2.91. The van der Waals surface area contributed by atoms with Crippen LogP contribution in [0.5, 0.6) is 0 Å². The van der Waals surface area contributed by atoms with E-state index in [0.29, 0.717) is 0 Å². The number of hydrogen-bond donors (Lipinski definition) is 0. The topological polar surface area (TPSA) is 25.8 Å². The van der Waals surface area contributed by atoms with Gasteiger partial charge >= 0.3 is 0 Å². The Morgan fingerprint density at radius 3 is 2.85 bits per heavy atom. The van der Waals surface area contributed by atoms with Crippen LogP contribution < -0.4 is 0 Å². The van der Waals surface area contributed by atoms with E-state index in [1.165, 1.54) is 0 Å². The van der Waals surface area contributed by atoms with E-state index in [9.17, 15) is 0 Å². The summed E-state index contributed by atoms with van der Waals surface area (Å²) in [5, 5.41) is 0. The second kappa shape index (κ2) is 3.99. The third-order valence-corrected chi connectivity index (χ3v) is 1.88. The SMILES string of the molecule is C=Cc1ncc(C)nc1C(=C)CC. The van der Waals surface area contributed by atoms with Crippen LogP contribution in [0.3, 0.4) is 0 Å². The Balaban J connectivity index is 3.23. The summed E-state index contributed by atoms with van der Waals surface area (Å²) in [5.41, 5.74) is 3.61. The zero-order chi connectivity index (χ0) is 9.84. The molecule has 0 bridgehead atoms. The molecule has 68 valence electrons. The molecule has 2 heteroatoms. The predicted octanol–water partition coefficient (Wildman–Crippen LogP) is 2.85. The summed E-state index contributed by atoms with van der Waals surface area (Å²) < 4.78 is 0. The van der Waals surface area contributed by atoms with Crippen molar-refractivity contribution in [2.24, 2.45) is 0 Å². The first kappa shape index (κ1) is 9.65. The number of allylic oxidation sites excluding steroid dienone is 1. The molecule has 0 aliphatic heterocycles. The lowest BCUT2D eigenvalue weighted by atomic mass is 10.1. The summed E-state index contributed by atoms with van der Waals surface area (Å²) in [6, 6.07) is 0. The van der Waals surface area contributed by atoms with Crippen molar-refractivity contribution in [3.8, 4) is 0 Å². The molecule has 1 aromatic heterocycles. The molecule has 0 amide bonds. The number of hydrogen-bond acceptors (Lipinski definition) is 2. The van der Waals surface area contributed by atoms with Crippen LogP contribution in [-0.4, -0.2) is 9.97 Å². The standard InChI is InChI=1S/C11H14N2/c1-5-8(3)11-10(6-2)12-7-9(4)13-11/h6-7H,2-3,5H2,1,4H3. The first-order valence-electron chi connectivity index (χ1n) is 4.33. The third-order valence-electron chi connectivity index (χ3n) is 1.88. The summed E-state index contributed by atoms with van der Waals surface area (Å²) in [6.07, 6.45) is 4.34. The smallest absolute Gasteiger partial charge is 0.0915 e. The van der Waals surface area contributed by atoms with E-state index in [1.807, 2.05) is 6.92 Å². The molecule has 0 N–H and O–H groups in total. The summed E-state index contributed by atoms with van der Waals surface area (Å²) in [5.74, 6) is 0. The zero-order valence-electron chi connectivity index (χ0n) is 8.17. The number of rotatable bonds is 3. The summed E-state index contributed by atoms with van der Waals surface area (Å²) >= 11 is 0. The van der Waals surface area contributed by atoms with Gasteiger partial charge < -0.3 is 0 Å². The molecule has 0 radical (unpaired) electrons. The van der Waals surface area contributed by atoms with Crippen LogP contribution in [0, 0.1) is 6.92 Å². The highest BCUT2D eigenvalue weighted by atomic mass is 14.8. The van der Waals surface area contributed by atoms with Crippen molar-refractivity contribution in [2.75, 3.05) is 0 Å². The van der Waals surface area contributed by atoms with Gasteiger partial charge in [-0.05, 0) is 25.0 Å². The van der Waals surface area contributed by atoms with Crippen molar-refractivity contribution in [2.45, 2.75) is 20.3 Å². The average Bonchev–Trinajstić information content (AvgIpc) is 2.16. The van der Waals surface area contributed by atoms with Crippen LogP contribution in [0.4, 0.5) is 0 Å². The van der Waals surface area contributed by atoms with Gasteiger partial charge in [-0.2, -0.15) is 0 Å². The minimum Gasteiger partial charge on any atom is -0.253 e. The van der Waals surface area contributed by atoms with Crippen LogP contribution in [-0.2, 0) is 0 Å². The van der Waals surface area contributed by atoms with Crippen molar-refractivity contribution < 1.29 is 0 Å². The Morgan fingerprint density at radius 2 is 2.31 bits per heavy atom. The molecule has 0 saturated heterocycles. The van der Waals surface area contributed by atoms with Gasteiger partial charge in [0, 0.05) is 6.20 Å². The van der Waals surface area contributed by atoms with Gasteiger partial charge in [-0.15, -0.1) is 0 Å².